The lowest BCUT2D eigenvalue weighted by Gasteiger charge is -2.25. The maximum Gasteiger partial charge on any atom is 0.263 e. The van der Waals surface area contributed by atoms with Gasteiger partial charge in [-0.3, -0.25) is 9.59 Å². The molecule has 0 unspecified atom stereocenters. The van der Waals surface area contributed by atoms with Gasteiger partial charge >= 0.3 is 0 Å². The summed E-state index contributed by atoms with van der Waals surface area (Å²) in [7, 11) is 3.22. The summed E-state index contributed by atoms with van der Waals surface area (Å²) in [5.41, 5.74) is 1.94. The number of aryl methyl sites for hydroxylation is 3. The molecule has 2 aliphatic rings. The lowest BCUT2D eigenvalue weighted by atomic mass is 9.90. The van der Waals surface area contributed by atoms with Crippen LogP contribution >= 0.6 is 0 Å². The van der Waals surface area contributed by atoms with Gasteiger partial charge in [0.1, 0.15) is 5.56 Å². The van der Waals surface area contributed by atoms with Gasteiger partial charge < -0.3 is 18.9 Å². The second kappa shape index (κ2) is 8.54. The van der Waals surface area contributed by atoms with Gasteiger partial charge in [0.2, 0.25) is 0 Å². The van der Waals surface area contributed by atoms with Crippen molar-refractivity contribution < 1.29 is 14.3 Å². The summed E-state index contributed by atoms with van der Waals surface area (Å²) in [6.07, 6.45) is 6.97. The Morgan fingerprint density at radius 1 is 1.13 bits per heavy atom. The zero-order chi connectivity index (χ0) is 21.3. The van der Waals surface area contributed by atoms with Crippen LogP contribution in [0.5, 0.6) is 11.5 Å². The Hall–Kier alpha value is -2.76. The Labute approximate surface area is 177 Å². The Morgan fingerprint density at radius 2 is 1.93 bits per heavy atom. The van der Waals surface area contributed by atoms with Crippen molar-refractivity contribution in [1.29, 1.82) is 0 Å². The highest BCUT2D eigenvalue weighted by Crippen LogP contribution is 2.36. The van der Waals surface area contributed by atoms with Crippen LogP contribution in [0.15, 0.2) is 35.3 Å². The summed E-state index contributed by atoms with van der Waals surface area (Å²) in [6, 6.07) is 7.94. The van der Waals surface area contributed by atoms with Crippen LogP contribution in [-0.2, 0) is 13.0 Å². The molecule has 1 aromatic heterocycles. The van der Waals surface area contributed by atoms with E-state index in [0.717, 1.165) is 30.5 Å². The number of amides is 1. The molecule has 1 saturated heterocycles. The summed E-state index contributed by atoms with van der Waals surface area (Å²) < 4.78 is 12.3. The molecule has 2 fully saturated rings. The van der Waals surface area contributed by atoms with Crippen LogP contribution in [0.1, 0.15) is 47.2 Å². The lowest BCUT2D eigenvalue weighted by molar-refractivity contribution is 0.0730. The molecule has 0 spiro atoms. The molecule has 2 bridgehead atoms. The number of hydrogen-bond donors (Lipinski definition) is 0. The topological polar surface area (TPSA) is 60.8 Å². The van der Waals surface area contributed by atoms with E-state index in [-0.39, 0.29) is 11.5 Å². The van der Waals surface area contributed by atoms with Gasteiger partial charge in [0, 0.05) is 25.3 Å². The molecule has 2 atom stereocenters. The number of pyridine rings is 1. The minimum absolute atomic E-state index is 0.0904. The molecular formula is C24H30N2O4. The molecule has 0 radical (unpaired) electrons. The fourth-order valence-corrected chi connectivity index (χ4v) is 4.92. The Kier molecular flexibility index (Phi) is 5.84. The third-order valence-electron chi connectivity index (χ3n) is 6.59. The van der Waals surface area contributed by atoms with Crippen molar-refractivity contribution >= 4 is 5.91 Å². The van der Waals surface area contributed by atoms with Crippen molar-refractivity contribution in [3.63, 3.8) is 0 Å². The summed E-state index contributed by atoms with van der Waals surface area (Å²) in [5, 5.41) is 0. The number of hydrogen-bond acceptors (Lipinski definition) is 4. The van der Waals surface area contributed by atoms with E-state index < -0.39 is 0 Å². The molecule has 6 heteroatoms. The molecule has 2 aromatic rings. The summed E-state index contributed by atoms with van der Waals surface area (Å²) in [4.78, 5) is 28.4. The van der Waals surface area contributed by atoms with Gasteiger partial charge in [-0.05, 0) is 67.9 Å². The van der Waals surface area contributed by atoms with E-state index in [1.165, 1.54) is 12.8 Å². The van der Waals surface area contributed by atoms with Crippen LogP contribution in [0, 0.1) is 12.8 Å². The number of carbonyl (C=O) groups is 1. The summed E-state index contributed by atoms with van der Waals surface area (Å²) >= 11 is 0. The fraction of sp³-hybridized carbons (Fsp3) is 0.500. The van der Waals surface area contributed by atoms with Crippen molar-refractivity contribution in [2.24, 2.45) is 5.92 Å². The molecule has 1 amide bonds. The second-order valence-electron chi connectivity index (χ2n) is 8.46. The molecule has 0 N–H and O–H groups in total. The van der Waals surface area contributed by atoms with Crippen molar-refractivity contribution in [3.8, 4) is 11.5 Å². The van der Waals surface area contributed by atoms with E-state index in [2.05, 4.69) is 0 Å². The zero-order valence-electron chi connectivity index (χ0n) is 18.0. The first kappa shape index (κ1) is 20.5. The van der Waals surface area contributed by atoms with Gasteiger partial charge in [-0.2, -0.15) is 0 Å². The van der Waals surface area contributed by atoms with Gasteiger partial charge in [-0.1, -0.05) is 12.5 Å². The quantitative estimate of drug-likeness (QED) is 0.732. The SMILES string of the molecule is COc1ccc(CCn2ccc(C)c(C(=O)N3C[C@@H]4CCC[C@H]3C4)c2=O)cc1OC. The highest BCUT2D eigenvalue weighted by molar-refractivity contribution is 5.95. The first-order chi connectivity index (χ1) is 14.5. The normalized spacial score (nSPS) is 20.3. The van der Waals surface area contributed by atoms with Crippen molar-refractivity contribution in [3.05, 3.63) is 57.5 Å². The highest BCUT2D eigenvalue weighted by Gasteiger charge is 2.39. The van der Waals surface area contributed by atoms with E-state index in [1.807, 2.05) is 36.1 Å². The van der Waals surface area contributed by atoms with E-state index >= 15 is 0 Å². The molecule has 1 aliphatic carbocycles. The highest BCUT2D eigenvalue weighted by atomic mass is 16.5. The van der Waals surface area contributed by atoms with Crippen LogP contribution < -0.4 is 15.0 Å². The zero-order valence-corrected chi connectivity index (χ0v) is 18.0. The van der Waals surface area contributed by atoms with E-state index in [4.69, 9.17) is 9.47 Å². The second-order valence-corrected chi connectivity index (χ2v) is 8.46. The molecule has 6 nitrogen and oxygen atoms in total. The van der Waals surface area contributed by atoms with Crippen molar-refractivity contribution in [2.75, 3.05) is 20.8 Å². The van der Waals surface area contributed by atoms with Crippen molar-refractivity contribution in [2.45, 2.75) is 51.6 Å². The molecular weight excluding hydrogens is 380 g/mol. The number of likely N-dealkylation sites (tertiary alicyclic amines) is 1. The number of aromatic nitrogens is 1. The third-order valence-corrected chi connectivity index (χ3v) is 6.59. The number of methoxy groups -OCH3 is 2. The lowest BCUT2D eigenvalue weighted by Crippen LogP contribution is -2.40. The number of rotatable bonds is 6. The van der Waals surface area contributed by atoms with Crippen LogP contribution in [-0.4, -0.2) is 42.2 Å². The summed E-state index contributed by atoms with van der Waals surface area (Å²) in [5.74, 6) is 1.86. The van der Waals surface area contributed by atoms with Crippen LogP contribution in [0.25, 0.3) is 0 Å². The number of fused-ring (bicyclic) bond motifs is 2. The smallest absolute Gasteiger partial charge is 0.263 e. The average Bonchev–Trinajstić information content (AvgIpc) is 3.05. The third kappa shape index (κ3) is 3.83. The molecule has 160 valence electrons. The predicted molar refractivity (Wildman–Crippen MR) is 115 cm³/mol. The van der Waals surface area contributed by atoms with Crippen molar-refractivity contribution in [1.82, 2.24) is 9.47 Å². The van der Waals surface area contributed by atoms with Crippen LogP contribution in [0.2, 0.25) is 0 Å². The summed E-state index contributed by atoms with van der Waals surface area (Å²) in [6.45, 7) is 3.15. The minimum atomic E-state index is -0.193. The monoisotopic (exact) mass is 410 g/mol. The Morgan fingerprint density at radius 3 is 2.67 bits per heavy atom. The Balaban J connectivity index is 1.54. The number of carbonyl (C=O) groups excluding carboxylic acids is 1. The van der Waals surface area contributed by atoms with E-state index in [1.54, 1.807) is 25.0 Å². The van der Waals surface area contributed by atoms with E-state index in [9.17, 15) is 9.59 Å². The van der Waals surface area contributed by atoms with Gasteiger partial charge in [0.15, 0.2) is 11.5 Å². The van der Waals surface area contributed by atoms with Gasteiger partial charge in [0.25, 0.3) is 11.5 Å². The average molecular weight is 411 g/mol. The molecule has 2 heterocycles. The number of nitrogens with zero attached hydrogens (tertiary/aromatic N) is 2. The number of benzene rings is 1. The molecule has 1 aromatic carbocycles. The Bertz CT molecular complexity index is 997. The molecule has 1 saturated carbocycles. The standard InChI is InChI=1S/C24H30N2O4/c1-16-9-11-25(12-10-17-7-8-20(29-2)21(14-17)30-3)23(27)22(16)24(28)26-15-18-5-4-6-19(26)13-18/h7-9,11,14,18-19H,4-6,10,12-13,15H2,1-3H3/t18-,19+/m1/s1. The predicted octanol–water partition coefficient (Wildman–Crippen LogP) is 3.43. The number of ether oxygens (including phenoxy) is 2. The fourth-order valence-electron chi connectivity index (χ4n) is 4.92. The molecule has 1 aliphatic heterocycles. The maximum absolute atomic E-state index is 13.3. The van der Waals surface area contributed by atoms with Crippen LogP contribution in [0.3, 0.4) is 0 Å². The van der Waals surface area contributed by atoms with Gasteiger partial charge in [-0.25, -0.2) is 0 Å². The van der Waals surface area contributed by atoms with Crippen LogP contribution in [0.4, 0.5) is 0 Å². The van der Waals surface area contributed by atoms with E-state index in [0.29, 0.717) is 42.0 Å². The first-order valence-corrected chi connectivity index (χ1v) is 10.7. The maximum atomic E-state index is 13.3. The molecule has 30 heavy (non-hydrogen) atoms. The van der Waals surface area contributed by atoms with Gasteiger partial charge in [-0.15, -0.1) is 0 Å². The first-order valence-electron chi connectivity index (χ1n) is 10.7. The largest absolute Gasteiger partial charge is 0.493 e. The molecule has 4 rings (SSSR count). The minimum Gasteiger partial charge on any atom is -0.493 e. The van der Waals surface area contributed by atoms with Gasteiger partial charge in [0.05, 0.1) is 14.2 Å².